The molecule has 0 saturated heterocycles. The van der Waals surface area contributed by atoms with E-state index in [2.05, 4.69) is 15.5 Å². The molecule has 0 bridgehead atoms. The van der Waals surface area contributed by atoms with E-state index in [0.717, 1.165) is 0 Å². The second kappa shape index (κ2) is 9.23. The van der Waals surface area contributed by atoms with Crippen molar-refractivity contribution in [2.45, 2.75) is 26.0 Å². The standard InChI is InChI=1S/C20H20ClN3O4/c1-3-15(27-17-11-7-6-10-16(17)26-2)20(25)22-12-18-23-19(24-28-18)13-8-4-5-9-14(13)21/h4-11,15H,3,12H2,1-2H3,(H,22,25). The summed E-state index contributed by atoms with van der Waals surface area (Å²) in [5.74, 6) is 1.43. The summed E-state index contributed by atoms with van der Waals surface area (Å²) >= 11 is 6.14. The molecule has 0 aliphatic heterocycles. The summed E-state index contributed by atoms with van der Waals surface area (Å²) in [6.45, 7) is 1.95. The van der Waals surface area contributed by atoms with Gasteiger partial charge in [-0.1, -0.05) is 47.9 Å². The lowest BCUT2D eigenvalue weighted by Gasteiger charge is -2.18. The summed E-state index contributed by atoms with van der Waals surface area (Å²) in [4.78, 5) is 16.8. The molecule has 8 heteroatoms. The van der Waals surface area contributed by atoms with Gasteiger partial charge < -0.3 is 19.3 Å². The molecule has 2 aromatic carbocycles. The monoisotopic (exact) mass is 401 g/mol. The van der Waals surface area contributed by atoms with Gasteiger partial charge in [0, 0.05) is 5.56 Å². The Morgan fingerprint density at radius 1 is 1.18 bits per heavy atom. The third kappa shape index (κ3) is 4.61. The molecule has 0 radical (unpaired) electrons. The number of carbonyl (C=O) groups excluding carboxylic acids is 1. The molecule has 28 heavy (non-hydrogen) atoms. The molecular weight excluding hydrogens is 382 g/mol. The van der Waals surface area contributed by atoms with Gasteiger partial charge >= 0.3 is 0 Å². The van der Waals surface area contributed by atoms with Crippen LogP contribution in [0, 0.1) is 0 Å². The highest BCUT2D eigenvalue weighted by molar-refractivity contribution is 6.33. The second-order valence-corrected chi connectivity index (χ2v) is 6.28. The van der Waals surface area contributed by atoms with E-state index in [1.807, 2.05) is 31.2 Å². The van der Waals surface area contributed by atoms with E-state index in [1.165, 1.54) is 0 Å². The predicted octanol–water partition coefficient (Wildman–Crippen LogP) is 3.87. The summed E-state index contributed by atoms with van der Waals surface area (Å²) in [5.41, 5.74) is 0.663. The van der Waals surface area contributed by atoms with Crippen molar-refractivity contribution >= 4 is 17.5 Å². The zero-order chi connectivity index (χ0) is 19.9. The van der Waals surface area contributed by atoms with Crippen LogP contribution in [-0.4, -0.2) is 29.3 Å². The van der Waals surface area contributed by atoms with Crippen molar-refractivity contribution in [2.24, 2.45) is 0 Å². The average molecular weight is 402 g/mol. The maximum Gasteiger partial charge on any atom is 0.261 e. The molecule has 3 aromatic rings. The number of amides is 1. The molecule has 0 aliphatic carbocycles. The largest absolute Gasteiger partial charge is 0.493 e. The quantitative estimate of drug-likeness (QED) is 0.616. The molecule has 0 fully saturated rings. The van der Waals surface area contributed by atoms with Crippen LogP contribution in [0.15, 0.2) is 53.1 Å². The number of hydrogen-bond acceptors (Lipinski definition) is 6. The maximum atomic E-state index is 12.5. The number of nitrogens with one attached hydrogen (secondary N) is 1. The van der Waals surface area contributed by atoms with Crippen LogP contribution in [0.2, 0.25) is 5.02 Å². The fraction of sp³-hybridized carbons (Fsp3) is 0.250. The van der Waals surface area contributed by atoms with Gasteiger partial charge in [0.2, 0.25) is 11.7 Å². The van der Waals surface area contributed by atoms with Crippen LogP contribution in [-0.2, 0) is 11.3 Å². The number of carbonyl (C=O) groups is 1. The lowest BCUT2D eigenvalue weighted by atomic mass is 10.2. The first-order valence-corrected chi connectivity index (χ1v) is 9.15. The van der Waals surface area contributed by atoms with E-state index in [1.54, 1.807) is 31.4 Å². The molecule has 0 spiro atoms. The predicted molar refractivity (Wildman–Crippen MR) is 104 cm³/mol. The van der Waals surface area contributed by atoms with E-state index in [9.17, 15) is 4.79 Å². The zero-order valence-electron chi connectivity index (χ0n) is 15.5. The van der Waals surface area contributed by atoms with Gasteiger partial charge in [-0.2, -0.15) is 4.98 Å². The number of para-hydroxylation sites is 2. The van der Waals surface area contributed by atoms with Crippen LogP contribution in [0.4, 0.5) is 0 Å². The number of methoxy groups -OCH3 is 1. The van der Waals surface area contributed by atoms with Gasteiger partial charge in [-0.25, -0.2) is 0 Å². The van der Waals surface area contributed by atoms with Crippen LogP contribution in [0.3, 0.4) is 0 Å². The Morgan fingerprint density at radius 3 is 2.61 bits per heavy atom. The van der Waals surface area contributed by atoms with E-state index < -0.39 is 6.10 Å². The van der Waals surface area contributed by atoms with Crippen molar-refractivity contribution < 1.29 is 18.8 Å². The number of ether oxygens (including phenoxy) is 2. The smallest absolute Gasteiger partial charge is 0.261 e. The van der Waals surface area contributed by atoms with Gasteiger partial charge in [-0.05, 0) is 30.7 Å². The fourth-order valence-corrected chi connectivity index (χ4v) is 2.77. The third-order valence-corrected chi connectivity index (χ3v) is 4.33. The van der Waals surface area contributed by atoms with Crippen LogP contribution in [0.5, 0.6) is 11.5 Å². The molecule has 7 nitrogen and oxygen atoms in total. The van der Waals surface area contributed by atoms with Gasteiger partial charge in [-0.15, -0.1) is 0 Å². The third-order valence-electron chi connectivity index (χ3n) is 4.00. The van der Waals surface area contributed by atoms with Crippen LogP contribution in [0.1, 0.15) is 19.2 Å². The molecule has 0 saturated carbocycles. The molecule has 1 aromatic heterocycles. The minimum absolute atomic E-state index is 0.0854. The highest BCUT2D eigenvalue weighted by atomic mass is 35.5. The lowest BCUT2D eigenvalue weighted by Crippen LogP contribution is -2.37. The lowest BCUT2D eigenvalue weighted by molar-refractivity contribution is -0.128. The summed E-state index contributed by atoms with van der Waals surface area (Å²) in [6.07, 6.45) is -0.194. The minimum Gasteiger partial charge on any atom is -0.493 e. The van der Waals surface area contributed by atoms with Crippen molar-refractivity contribution in [2.75, 3.05) is 7.11 Å². The fourth-order valence-electron chi connectivity index (χ4n) is 2.55. The van der Waals surface area contributed by atoms with E-state index in [0.29, 0.717) is 34.3 Å². The van der Waals surface area contributed by atoms with Crippen molar-refractivity contribution in [1.29, 1.82) is 0 Å². The average Bonchev–Trinajstić information content (AvgIpc) is 3.19. The Bertz CT molecular complexity index is 944. The summed E-state index contributed by atoms with van der Waals surface area (Å²) in [7, 11) is 1.55. The number of hydrogen-bond donors (Lipinski definition) is 1. The zero-order valence-corrected chi connectivity index (χ0v) is 16.3. The first kappa shape index (κ1) is 19.7. The van der Waals surface area contributed by atoms with Gasteiger partial charge in [0.25, 0.3) is 5.91 Å². The summed E-state index contributed by atoms with van der Waals surface area (Å²) in [6, 6.07) is 14.4. The van der Waals surface area contributed by atoms with Crippen LogP contribution < -0.4 is 14.8 Å². The summed E-state index contributed by atoms with van der Waals surface area (Å²) in [5, 5.41) is 7.19. The van der Waals surface area contributed by atoms with E-state index in [4.69, 9.17) is 25.6 Å². The van der Waals surface area contributed by atoms with Gasteiger partial charge in [0.1, 0.15) is 0 Å². The Morgan fingerprint density at radius 2 is 1.89 bits per heavy atom. The molecule has 1 N–H and O–H groups in total. The normalized spacial score (nSPS) is 11.7. The number of benzene rings is 2. The maximum absolute atomic E-state index is 12.5. The molecule has 1 amide bonds. The number of rotatable bonds is 8. The number of nitrogens with zero attached hydrogens (tertiary/aromatic N) is 2. The summed E-state index contributed by atoms with van der Waals surface area (Å²) < 4.78 is 16.3. The molecule has 3 rings (SSSR count). The number of aromatic nitrogens is 2. The van der Waals surface area contributed by atoms with Gasteiger partial charge in [0.15, 0.2) is 17.6 Å². The SMILES string of the molecule is CCC(Oc1ccccc1OC)C(=O)NCc1nc(-c2ccccc2Cl)no1. The molecule has 1 heterocycles. The van der Waals surface area contributed by atoms with Crippen molar-refractivity contribution in [1.82, 2.24) is 15.5 Å². The second-order valence-electron chi connectivity index (χ2n) is 5.87. The number of halogens is 1. The Balaban J connectivity index is 1.62. The van der Waals surface area contributed by atoms with Crippen molar-refractivity contribution in [3.63, 3.8) is 0 Å². The minimum atomic E-state index is -0.678. The first-order chi connectivity index (χ1) is 13.6. The van der Waals surface area contributed by atoms with Crippen LogP contribution >= 0.6 is 11.6 Å². The van der Waals surface area contributed by atoms with Crippen LogP contribution in [0.25, 0.3) is 11.4 Å². The highest BCUT2D eigenvalue weighted by Gasteiger charge is 2.21. The van der Waals surface area contributed by atoms with E-state index in [-0.39, 0.29) is 18.3 Å². The molecule has 1 unspecified atom stereocenters. The Labute approximate surface area is 167 Å². The van der Waals surface area contributed by atoms with Crippen molar-refractivity contribution in [3.05, 3.63) is 59.4 Å². The topological polar surface area (TPSA) is 86.5 Å². The first-order valence-electron chi connectivity index (χ1n) is 8.77. The Kier molecular flexibility index (Phi) is 6.49. The Hall–Kier alpha value is -3.06. The molecule has 146 valence electrons. The molecule has 0 aliphatic rings. The van der Waals surface area contributed by atoms with Gasteiger partial charge in [-0.3, -0.25) is 4.79 Å². The highest BCUT2D eigenvalue weighted by Crippen LogP contribution is 2.27. The molecular formula is C20H20ClN3O4. The van der Waals surface area contributed by atoms with Gasteiger partial charge in [0.05, 0.1) is 18.7 Å². The van der Waals surface area contributed by atoms with Crippen molar-refractivity contribution in [3.8, 4) is 22.9 Å². The molecule has 1 atom stereocenters. The van der Waals surface area contributed by atoms with E-state index >= 15 is 0 Å².